The molecule has 20 heavy (non-hydrogen) atoms. The van der Waals surface area contributed by atoms with Gasteiger partial charge >= 0.3 is 0 Å². The van der Waals surface area contributed by atoms with Crippen LogP contribution in [0.4, 0.5) is 0 Å². The van der Waals surface area contributed by atoms with Crippen LogP contribution in [-0.2, 0) is 6.54 Å². The lowest BCUT2D eigenvalue weighted by Crippen LogP contribution is -2.38. The Balaban J connectivity index is 1.98. The second-order valence-electron chi connectivity index (χ2n) is 5.93. The van der Waals surface area contributed by atoms with Crippen molar-refractivity contribution in [3.63, 3.8) is 0 Å². The van der Waals surface area contributed by atoms with Crippen molar-refractivity contribution in [2.75, 3.05) is 7.05 Å². The van der Waals surface area contributed by atoms with Crippen LogP contribution in [0.2, 0.25) is 0 Å². The fourth-order valence-electron chi connectivity index (χ4n) is 3.20. The minimum absolute atomic E-state index is 0.158. The highest BCUT2D eigenvalue weighted by molar-refractivity contribution is 5.96. The summed E-state index contributed by atoms with van der Waals surface area (Å²) in [6, 6.07) is 8.60. The normalized spacial score (nSPS) is 24.1. The zero-order chi connectivity index (χ0) is 14.5. The van der Waals surface area contributed by atoms with Gasteiger partial charge in [0.05, 0.1) is 0 Å². The molecule has 0 bridgehead atoms. The van der Waals surface area contributed by atoms with Gasteiger partial charge in [-0.2, -0.15) is 0 Å². The number of nitrogens with two attached hydrogens (primary N) is 1. The van der Waals surface area contributed by atoms with Crippen molar-refractivity contribution in [1.29, 1.82) is 0 Å². The van der Waals surface area contributed by atoms with Crippen LogP contribution in [0.15, 0.2) is 29.4 Å². The Labute approximate surface area is 121 Å². The quantitative estimate of drug-likeness (QED) is 0.384. The third kappa shape index (κ3) is 3.51. The van der Waals surface area contributed by atoms with E-state index in [2.05, 4.69) is 36.2 Å². The van der Waals surface area contributed by atoms with Gasteiger partial charge in [0.2, 0.25) is 0 Å². The maximum atomic E-state index is 8.66. The van der Waals surface area contributed by atoms with Gasteiger partial charge in [-0.25, -0.2) is 0 Å². The number of hydrogen-bond acceptors (Lipinski definition) is 3. The summed E-state index contributed by atoms with van der Waals surface area (Å²) in [5.41, 5.74) is 7.59. The van der Waals surface area contributed by atoms with Gasteiger partial charge in [-0.05, 0) is 31.4 Å². The van der Waals surface area contributed by atoms with Crippen LogP contribution in [0.1, 0.15) is 43.7 Å². The van der Waals surface area contributed by atoms with E-state index < -0.39 is 0 Å². The molecule has 1 saturated carbocycles. The molecule has 0 saturated heterocycles. The minimum Gasteiger partial charge on any atom is -0.409 e. The van der Waals surface area contributed by atoms with Gasteiger partial charge in [-0.1, -0.05) is 49.2 Å². The SMILES string of the molecule is CC1CCCCC1N(C)Cc1ccc(C(N)=NO)cc1. The Morgan fingerprint density at radius 2 is 1.95 bits per heavy atom. The van der Waals surface area contributed by atoms with Crippen molar-refractivity contribution >= 4 is 5.84 Å². The second-order valence-corrected chi connectivity index (χ2v) is 5.93. The monoisotopic (exact) mass is 275 g/mol. The number of rotatable bonds is 4. The molecule has 0 aliphatic heterocycles. The highest BCUT2D eigenvalue weighted by atomic mass is 16.4. The number of nitrogens with zero attached hydrogens (tertiary/aromatic N) is 2. The van der Waals surface area contributed by atoms with Gasteiger partial charge in [0.25, 0.3) is 0 Å². The van der Waals surface area contributed by atoms with Crippen LogP contribution in [0, 0.1) is 5.92 Å². The molecule has 2 unspecified atom stereocenters. The molecule has 2 atom stereocenters. The lowest BCUT2D eigenvalue weighted by molar-refractivity contribution is 0.133. The molecule has 1 aromatic rings. The summed E-state index contributed by atoms with van der Waals surface area (Å²) < 4.78 is 0. The Bertz CT molecular complexity index is 455. The zero-order valence-corrected chi connectivity index (χ0v) is 12.4. The molecular weight excluding hydrogens is 250 g/mol. The summed E-state index contributed by atoms with van der Waals surface area (Å²) in [7, 11) is 2.21. The van der Waals surface area contributed by atoms with E-state index in [0.717, 1.165) is 18.0 Å². The van der Waals surface area contributed by atoms with Crippen molar-refractivity contribution in [2.45, 2.75) is 45.2 Å². The first kappa shape index (κ1) is 14.9. The maximum absolute atomic E-state index is 8.66. The first-order chi connectivity index (χ1) is 9.61. The van der Waals surface area contributed by atoms with Crippen molar-refractivity contribution in [2.24, 2.45) is 16.8 Å². The van der Waals surface area contributed by atoms with E-state index in [4.69, 9.17) is 10.9 Å². The van der Waals surface area contributed by atoms with Crippen LogP contribution in [-0.4, -0.2) is 29.0 Å². The zero-order valence-electron chi connectivity index (χ0n) is 12.4. The molecule has 0 spiro atoms. The van der Waals surface area contributed by atoms with E-state index >= 15 is 0 Å². The van der Waals surface area contributed by atoms with Gasteiger partial charge < -0.3 is 10.9 Å². The van der Waals surface area contributed by atoms with Crippen LogP contribution < -0.4 is 5.73 Å². The standard InChI is InChI=1S/C16H25N3O/c1-12-5-3-4-6-15(12)19(2)11-13-7-9-14(10-8-13)16(17)18-20/h7-10,12,15,20H,3-6,11H2,1-2H3,(H2,17,18). The van der Waals surface area contributed by atoms with Crippen molar-refractivity contribution in [1.82, 2.24) is 4.90 Å². The van der Waals surface area contributed by atoms with Gasteiger partial charge in [-0.15, -0.1) is 0 Å². The van der Waals surface area contributed by atoms with E-state index in [0.29, 0.717) is 6.04 Å². The Morgan fingerprint density at radius 3 is 2.55 bits per heavy atom. The van der Waals surface area contributed by atoms with Gasteiger partial charge in [-0.3, -0.25) is 4.90 Å². The highest BCUT2D eigenvalue weighted by Crippen LogP contribution is 2.28. The fourth-order valence-corrected chi connectivity index (χ4v) is 3.20. The number of oxime groups is 1. The largest absolute Gasteiger partial charge is 0.409 e. The predicted molar refractivity (Wildman–Crippen MR) is 81.8 cm³/mol. The summed E-state index contributed by atoms with van der Waals surface area (Å²) in [6.07, 6.45) is 5.37. The third-order valence-electron chi connectivity index (χ3n) is 4.42. The fraction of sp³-hybridized carbons (Fsp3) is 0.562. The average Bonchev–Trinajstić information content (AvgIpc) is 2.47. The summed E-state index contributed by atoms with van der Waals surface area (Å²) in [5.74, 6) is 0.941. The maximum Gasteiger partial charge on any atom is 0.170 e. The number of benzene rings is 1. The molecule has 4 heteroatoms. The second kappa shape index (κ2) is 6.75. The molecule has 0 heterocycles. The van der Waals surface area contributed by atoms with E-state index in [1.807, 2.05) is 12.1 Å². The average molecular weight is 275 g/mol. The lowest BCUT2D eigenvalue weighted by Gasteiger charge is -2.36. The summed E-state index contributed by atoms with van der Waals surface area (Å²) in [6.45, 7) is 3.31. The lowest BCUT2D eigenvalue weighted by atomic mass is 9.85. The smallest absolute Gasteiger partial charge is 0.170 e. The first-order valence-corrected chi connectivity index (χ1v) is 7.39. The minimum atomic E-state index is 0.158. The van der Waals surface area contributed by atoms with Crippen LogP contribution >= 0.6 is 0 Å². The molecule has 3 N–H and O–H groups in total. The van der Waals surface area contributed by atoms with Gasteiger partial charge in [0.15, 0.2) is 5.84 Å². The van der Waals surface area contributed by atoms with E-state index in [1.54, 1.807) is 0 Å². The van der Waals surface area contributed by atoms with Crippen molar-refractivity contribution in [3.8, 4) is 0 Å². The molecule has 1 aliphatic rings. The number of hydrogen-bond donors (Lipinski definition) is 2. The van der Waals surface area contributed by atoms with E-state index in [-0.39, 0.29) is 5.84 Å². The Kier molecular flexibility index (Phi) is 5.01. The molecule has 1 aliphatic carbocycles. The Hall–Kier alpha value is -1.55. The third-order valence-corrected chi connectivity index (χ3v) is 4.42. The summed E-state index contributed by atoms with van der Waals surface area (Å²) in [5, 5.41) is 11.7. The van der Waals surface area contributed by atoms with E-state index in [1.165, 1.54) is 31.2 Å². The predicted octanol–water partition coefficient (Wildman–Crippen LogP) is 2.79. The van der Waals surface area contributed by atoms with Gasteiger partial charge in [0, 0.05) is 18.2 Å². The molecule has 1 fully saturated rings. The van der Waals surface area contributed by atoms with Crippen molar-refractivity contribution < 1.29 is 5.21 Å². The molecule has 0 amide bonds. The van der Waals surface area contributed by atoms with Crippen LogP contribution in [0.3, 0.4) is 0 Å². The summed E-state index contributed by atoms with van der Waals surface area (Å²) in [4.78, 5) is 2.46. The molecule has 1 aromatic carbocycles. The Morgan fingerprint density at radius 1 is 1.30 bits per heavy atom. The topological polar surface area (TPSA) is 61.8 Å². The molecule has 4 nitrogen and oxygen atoms in total. The van der Waals surface area contributed by atoms with Crippen LogP contribution in [0.5, 0.6) is 0 Å². The molecule has 0 radical (unpaired) electrons. The first-order valence-electron chi connectivity index (χ1n) is 7.39. The molecular formula is C16H25N3O. The molecule has 2 rings (SSSR count). The number of amidine groups is 1. The molecule has 110 valence electrons. The van der Waals surface area contributed by atoms with Crippen molar-refractivity contribution in [3.05, 3.63) is 35.4 Å². The van der Waals surface area contributed by atoms with Crippen LogP contribution in [0.25, 0.3) is 0 Å². The highest BCUT2D eigenvalue weighted by Gasteiger charge is 2.24. The van der Waals surface area contributed by atoms with Gasteiger partial charge in [0.1, 0.15) is 0 Å². The summed E-state index contributed by atoms with van der Waals surface area (Å²) >= 11 is 0. The molecule has 0 aromatic heterocycles. The van der Waals surface area contributed by atoms with E-state index in [9.17, 15) is 0 Å².